The minimum atomic E-state index is 0.309. The van der Waals surface area contributed by atoms with Crippen LogP contribution in [0, 0.1) is 0 Å². The lowest BCUT2D eigenvalue weighted by Gasteiger charge is -2.43. The molecule has 23 heavy (non-hydrogen) atoms. The Hall–Kier alpha value is -1.46. The lowest BCUT2D eigenvalue weighted by atomic mass is 9.94. The average molecular weight is 315 g/mol. The average Bonchev–Trinajstić information content (AvgIpc) is 3.03. The Labute approximate surface area is 137 Å². The summed E-state index contributed by atoms with van der Waals surface area (Å²) in [5.41, 5.74) is 1.13. The van der Waals surface area contributed by atoms with E-state index in [-0.39, 0.29) is 0 Å². The smallest absolute Gasteiger partial charge is 0.223 e. The molecule has 5 nitrogen and oxygen atoms in total. The van der Waals surface area contributed by atoms with Crippen LogP contribution in [0.15, 0.2) is 24.5 Å². The quantitative estimate of drug-likeness (QED) is 0.854. The number of ether oxygens (including phenoxy) is 1. The number of rotatable bonds is 3. The van der Waals surface area contributed by atoms with Gasteiger partial charge >= 0.3 is 0 Å². The van der Waals surface area contributed by atoms with Gasteiger partial charge in [-0.15, -0.1) is 0 Å². The van der Waals surface area contributed by atoms with E-state index in [1.807, 2.05) is 12.3 Å². The number of hydrogen-bond acceptors (Lipinski definition) is 4. The van der Waals surface area contributed by atoms with Crippen LogP contribution >= 0.6 is 0 Å². The Morgan fingerprint density at radius 3 is 2.83 bits per heavy atom. The molecule has 1 aromatic rings. The number of carbonyl (C=O) groups is 1. The summed E-state index contributed by atoms with van der Waals surface area (Å²) in [4.78, 5) is 21.5. The molecule has 5 heteroatoms. The van der Waals surface area contributed by atoms with Crippen molar-refractivity contribution in [3.05, 3.63) is 30.1 Å². The zero-order chi connectivity index (χ0) is 15.6. The fourth-order valence-corrected chi connectivity index (χ4v) is 4.55. The van der Waals surface area contributed by atoms with E-state index < -0.39 is 0 Å². The van der Waals surface area contributed by atoms with Crippen molar-refractivity contribution < 1.29 is 9.53 Å². The molecular formula is C18H25N3O2. The van der Waals surface area contributed by atoms with Crippen molar-refractivity contribution in [2.75, 3.05) is 19.8 Å². The number of carbonyl (C=O) groups excluding carboxylic acids is 1. The molecule has 3 aliphatic rings. The Kier molecular flexibility index (Phi) is 4.31. The van der Waals surface area contributed by atoms with E-state index in [0.29, 0.717) is 37.0 Å². The summed E-state index contributed by atoms with van der Waals surface area (Å²) in [5, 5.41) is 0. The van der Waals surface area contributed by atoms with Crippen LogP contribution in [0.2, 0.25) is 0 Å². The van der Waals surface area contributed by atoms with Crippen LogP contribution in [-0.2, 0) is 16.1 Å². The molecule has 0 N–H and O–H groups in total. The van der Waals surface area contributed by atoms with Gasteiger partial charge in [0.25, 0.3) is 0 Å². The van der Waals surface area contributed by atoms with Gasteiger partial charge in [0.2, 0.25) is 5.91 Å². The van der Waals surface area contributed by atoms with Crippen molar-refractivity contribution in [2.24, 2.45) is 0 Å². The van der Waals surface area contributed by atoms with Crippen molar-refractivity contribution in [2.45, 2.75) is 56.8 Å². The second-order valence-corrected chi connectivity index (χ2v) is 6.93. The maximum absolute atomic E-state index is 12.5. The summed E-state index contributed by atoms with van der Waals surface area (Å²) in [6, 6.07) is 5.57. The van der Waals surface area contributed by atoms with Crippen molar-refractivity contribution in [3.8, 4) is 0 Å². The number of piperidine rings is 1. The van der Waals surface area contributed by atoms with Crippen LogP contribution in [0.5, 0.6) is 0 Å². The van der Waals surface area contributed by atoms with Crippen LogP contribution in [0.4, 0.5) is 0 Å². The molecule has 0 aromatic carbocycles. The highest BCUT2D eigenvalue weighted by Gasteiger charge is 2.45. The maximum atomic E-state index is 12.5. The first-order valence-electron chi connectivity index (χ1n) is 8.85. The highest BCUT2D eigenvalue weighted by atomic mass is 16.5. The molecule has 2 atom stereocenters. The zero-order valence-electron chi connectivity index (χ0n) is 13.6. The highest BCUT2D eigenvalue weighted by Crippen LogP contribution is 2.35. The number of pyridine rings is 1. The summed E-state index contributed by atoms with van der Waals surface area (Å²) in [7, 11) is 0. The molecule has 4 heterocycles. The third kappa shape index (κ3) is 3.00. The molecule has 3 fully saturated rings. The van der Waals surface area contributed by atoms with Gasteiger partial charge in [0.1, 0.15) is 0 Å². The Bertz CT molecular complexity index is 544. The normalized spacial score (nSPS) is 29.7. The van der Waals surface area contributed by atoms with Crippen molar-refractivity contribution in [3.63, 3.8) is 0 Å². The Morgan fingerprint density at radius 1 is 1.17 bits per heavy atom. The molecule has 0 spiro atoms. The third-order valence-corrected chi connectivity index (χ3v) is 5.66. The summed E-state index contributed by atoms with van der Waals surface area (Å²) in [5.74, 6) is 0.309. The molecule has 3 saturated heterocycles. The van der Waals surface area contributed by atoms with Crippen molar-refractivity contribution in [1.82, 2.24) is 14.8 Å². The Balaban J connectivity index is 1.49. The zero-order valence-corrected chi connectivity index (χ0v) is 13.6. The van der Waals surface area contributed by atoms with E-state index in [1.165, 1.54) is 0 Å². The van der Waals surface area contributed by atoms with E-state index in [9.17, 15) is 4.79 Å². The van der Waals surface area contributed by atoms with E-state index in [4.69, 9.17) is 4.74 Å². The molecule has 0 bridgehead atoms. The van der Waals surface area contributed by atoms with Gasteiger partial charge in [0.15, 0.2) is 0 Å². The second-order valence-electron chi connectivity index (χ2n) is 6.93. The molecule has 1 amide bonds. The topological polar surface area (TPSA) is 45.7 Å². The van der Waals surface area contributed by atoms with E-state index in [2.05, 4.69) is 20.9 Å². The third-order valence-electron chi connectivity index (χ3n) is 5.66. The van der Waals surface area contributed by atoms with E-state index in [0.717, 1.165) is 51.0 Å². The number of hydrogen-bond donors (Lipinski definition) is 0. The van der Waals surface area contributed by atoms with Crippen LogP contribution < -0.4 is 0 Å². The molecule has 124 valence electrons. The van der Waals surface area contributed by atoms with Gasteiger partial charge in [0.05, 0.1) is 0 Å². The van der Waals surface area contributed by atoms with Gasteiger partial charge in [-0.2, -0.15) is 0 Å². The minimum absolute atomic E-state index is 0.309. The fraction of sp³-hybridized carbons (Fsp3) is 0.667. The predicted octanol–water partition coefficient (Wildman–Crippen LogP) is 1.83. The molecule has 0 aliphatic carbocycles. The lowest BCUT2D eigenvalue weighted by Crippen LogP contribution is -2.54. The van der Waals surface area contributed by atoms with Crippen molar-refractivity contribution >= 4 is 5.91 Å². The highest BCUT2D eigenvalue weighted by molar-refractivity contribution is 5.77. The lowest BCUT2D eigenvalue weighted by molar-refractivity contribution is -0.139. The fourth-order valence-electron chi connectivity index (χ4n) is 4.55. The largest absolute Gasteiger partial charge is 0.381 e. The summed E-state index contributed by atoms with van der Waals surface area (Å²) in [6.45, 7) is 3.60. The van der Waals surface area contributed by atoms with Crippen LogP contribution in [0.1, 0.15) is 37.7 Å². The number of nitrogens with zero attached hydrogens (tertiary/aromatic N) is 3. The molecule has 0 saturated carbocycles. The summed E-state index contributed by atoms with van der Waals surface area (Å²) < 4.78 is 5.51. The molecule has 0 unspecified atom stereocenters. The molecule has 3 aliphatic heterocycles. The predicted molar refractivity (Wildman–Crippen MR) is 86.8 cm³/mol. The molecule has 1 aromatic heterocycles. The van der Waals surface area contributed by atoms with E-state index >= 15 is 0 Å². The number of amides is 1. The monoisotopic (exact) mass is 315 g/mol. The van der Waals surface area contributed by atoms with Gasteiger partial charge in [0, 0.05) is 63.2 Å². The van der Waals surface area contributed by atoms with E-state index in [1.54, 1.807) is 6.20 Å². The Morgan fingerprint density at radius 2 is 2.04 bits per heavy atom. The van der Waals surface area contributed by atoms with Gasteiger partial charge in [-0.25, -0.2) is 0 Å². The molecule has 4 rings (SSSR count). The summed E-state index contributed by atoms with van der Waals surface area (Å²) in [6.07, 6.45) is 8.74. The number of aromatic nitrogens is 1. The number of fused-ring (bicyclic) bond motifs is 1. The van der Waals surface area contributed by atoms with Crippen LogP contribution in [0.3, 0.4) is 0 Å². The van der Waals surface area contributed by atoms with Gasteiger partial charge < -0.3 is 9.64 Å². The van der Waals surface area contributed by atoms with Crippen molar-refractivity contribution in [1.29, 1.82) is 0 Å². The minimum Gasteiger partial charge on any atom is -0.381 e. The van der Waals surface area contributed by atoms with Crippen LogP contribution in [0.25, 0.3) is 0 Å². The second kappa shape index (κ2) is 6.57. The molecule has 0 radical (unpaired) electrons. The molecular weight excluding hydrogens is 290 g/mol. The van der Waals surface area contributed by atoms with Gasteiger partial charge in [-0.3, -0.25) is 14.7 Å². The summed E-state index contributed by atoms with van der Waals surface area (Å²) >= 11 is 0. The SMILES string of the molecule is O=C1CC[C@H]2[C@H](CCN2C2CCOCC2)N1Cc1cccnc1. The first-order valence-corrected chi connectivity index (χ1v) is 8.85. The van der Waals surface area contributed by atoms with Gasteiger partial charge in [-0.1, -0.05) is 6.07 Å². The first-order chi connectivity index (χ1) is 11.3. The number of likely N-dealkylation sites (tertiary alicyclic amines) is 2. The maximum Gasteiger partial charge on any atom is 0.223 e. The van der Waals surface area contributed by atoms with Crippen LogP contribution in [-0.4, -0.2) is 58.6 Å². The first kappa shape index (κ1) is 15.1. The standard InChI is InChI=1S/C18H25N3O2/c22-18-4-3-16-17(21(18)13-14-2-1-8-19-12-14)5-9-20(16)15-6-10-23-11-7-15/h1-2,8,12,15-17H,3-7,9-11,13H2/t16-,17-/m0/s1. The van der Waals surface area contributed by atoms with Gasteiger partial charge in [-0.05, 0) is 37.3 Å².